The molecule has 0 radical (unpaired) electrons. The largest absolute Gasteiger partial charge is 0.505 e. The molecule has 5 rings (SSSR count). The van der Waals surface area contributed by atoms with Gasteiger partial charge in [-0.15, -0.1) is 11.3 Å². The summed E-state index contributed by atoms with van der Waals surface area (Å²) in [5, 5.41) is 10.4. The van der Waals surface area contributed by atoms with E-state index < -0.39 is 11.6 Å². The van der Waals surface area contributed by atoms with E-state index in [2.05, 4.69) is 4.90 Å². The van der Waals surface area contributed by atoms with Crippen LogP contribution < -0.4 is 9.47 Å². The quantitative estimate of drug-likeness (QED) is 0.276. The van der Waals surface area contributed by atoms with Crippen LogP contribution in [0.1, 0.15) is 35.2 Å². The fourth-order valence-corrected chi connectivity index (χ4v) is 5.83. The van der Waals surface area contributed by atoms with Crippen LogP contribution in [-0.4, -0.2) is 49.1 Å². The number of carbonyl (C=O) groups excluding carboxylic acids is 1. The summed E-state index contributed by atoms with van der Waals surface area (Å²) in [6.07, 6.45) is 3.81. The Labute approximate surface area is 213 Å². The number of hydrogen-bond donors (Lipinski definition) is 1. The minimum atomic E-state index is -0.730. The van der Waals surface area contributed by atoms with Gasteiger partial charge in [0.1, 0.15) is 18.1 Å². The van der Waals surface area contributed by atoms with E-state index in [1.54, 1.807) is 25.3 Å². The number of phenols is 1. The Morgan fingerprint density at radius 2 is 1.75 bits per heavy atom. The van der Waals surface area contributed by atoms with Crippen LogP contribution in [0.2, 0.25) is 0 Å². The number of fused-ring (bicyclic) bond motifs is 1. The van der Waals surface area contributed by atoms with Crippen molar-refractivity contribution in [2.24, 2.45) is 0 Å². The van der Waals surface area contributed by atoms with Gasteiger partial charge in [0.05, 0.1) is 7.11 Å². The van der Waals surface area contributed by atoms with E-state index in [4.69, 9.17) is 9.47 Å². The first-order chi connectivity index (χ1) is 17.5. The molecule has 0 unspecified atom stereocenters. The molecule has 1 saturated heterocycles. The van der Waals surface area contributed by atoms with Gasteiger partial charge in [-0.05, 0) is 92.2 Å². The van der Waals surface area contributed by atoms with Crippen LogP contribution in [0.5, 0.6) is 17.2 Å². The summed E-state index contributed by atoms with van der Waals surface area (Å²) in [6, 6.07) is 16.9. The monoisotopic (exact) mass is 505 g/mol. The van der Waals surface area contributed by atoms with Crippen LogP contribution in [0.4, 0.5) is 4.39 Å². The first-order valence-corrected chi connectivity index (χ1v) is 12.9. The van der Waals surface area contributed by atoms with Crippen molar-refractivity contribution in [2.75, 3.05) is 33.4 Å². The van der Waals surface area contributed by atoms with Crippen LogP contribution in [-0.2, 0) is 0 Å². The molecule has 36 heavy (non-hydrogen) atoms. The number of piperidine rings is 1. The maximum atomic E-state index is 14.2. The predicted molar refractivity (Wildman–Crippen MR) is 141 cm³/mol. The number of ether oxygens (including phenoxy) is 2. The molecule has 0 atom stereocenters. The number of nitrogens with zero attached hydrogens (tertiary/aromatic N) is 1. The highest BCUT2D eigenvalue weighted by molar-refractivity contribution is 7.22. The van der Waals surface area contributed by atoms with Crippen LogP contribution in [0.3, 0.4) is 0 Å². The summed E-state index contributed by atoms with van der Waals surface area (Å²) in [6.45, 7) is 3.77. The smallest absolute Gasteiger partial charge is 0.195 e. The summed E-state index contributed by atoms with van der Waals surface area (Å²) in [7, 11) is 1.59. The van der Waals surface area contributed by atoms with Crippen LogP contribution in [0.15, 0.2) is 60.7 Å². The molecule has 4 aromatic rings. The number of phenolic OH excluding ortho intramolecular Hbond substituents is 1. The maximum absolute atomic E-state index is 14.2. The van der Waals surface area contributed by atoms with Crippen molar-refractivity contribution in [1.29, 1.82) is 0 Å². The van der Waals surface area contributed by atoms with Gasteiger partial charge in [0.15, 0.2) is 17.3 Å². The summed E-state index contributed by atoms with van der Waals surface area (Å²) < 4.78 is 26.3. The van der Waals surface area contributed by atoms with Gasteiger partial charge in [-0.1, -0.05) is 6.42 Å². The molecule has 0 spiro atoms. The highest BCUT2D eigenvalue weighted by Gasteiger charge is 2.23. The molecule has 1 N–H and O–H groups in total. The van der Waals surface area contributed by atoms with Gasteiger partial charge < -0.3 is 14.6 Å². The molecule has 7 heteroatoms. The third-order valence-electron chi connectivity index (χ3n) is 6.58. The third kappa shape index (κ3) is 5.08. The number of ketones is 1. The normalized spacial score (nSPS) is 14.2. The van der Waals surface area contributed by atoms with Gasteiger partial charge in [-0.25, -0.2) is 4.39 Å². The minimum absolute atomic E-state index is 0.158. The number of benzene rings is 3. The van der Waals surface area contributed by atoms with E-state index in [9.17, 15) is 14.3 Å². The van der Waals surface area contributed by atoms with Crippen molar-refractivity contribution >= 4 is 27.2 Å². The Morgan fingerprint density at radius 1 is 1.00 bits per heavy atom. The van der Waals surface area contributed by atoms with Gasteiger partial charge in [0, 0.05) is 32.6 Å². The molecule has 1 aromatic heterocycles. The second-order valence-electron chi connectivity index (χ2n) is 8.94. The molecule has 2 heterocycles. The first kappa shape index (κ1) is 24.3. The number of hydrogen-bond acceptors (Lipinski definition) is 6. The molecule has 5 nitrogen and oxygen atoms in total. The van der Waals surface area contributed by atoms with Gasteiger partial charge in [-0.2, -0.15) is 0 Å². The van der Waals surface area contributed by atoms with Crippen LogP contribution >= 0.6 is 11.3 Å². The lowest BCUT2D eigenvalue weighted by Gasteiger charge is -2.26. The number of aromatic hydroxyl groups is 1. The minimum Gasteiger partial charge on any atom is -0.505 e. The maximum Gasteiger partial charge on any atom is 0.195 e. The number of halogens is 1. The summed E-state index contributed by atoms with van der Waals surface area (Å²) in [5.74, 6) is 0.0913. The molecule has 186 valence electrons. The molecule has 0 saturated carbocycles. The average molecular weight is 506 g/mol. The number of thiophene rings is 1. The van der Waals surface area contributed by atoms with Crippen LogP contribution in [0.25, 0.3) is 20.5 Å². The lowest BCUT2D eigenvalue weighted by atomic mass is 9.97. The molecular weight excluding hydrogens is 477 g/mol. The fourth-order valence-electron chi connectivity index (χ4n) is 4.60. The Bertz CT molecular complexity index is 1380. The Balaban J connectivity index is 1.42. The lowest BCUT2D eigenvalue weighted by Crippen LogP contribution is -2.33. The summed E-state index contributed by atoms with van der Waals surface area (Å²) in [5.41, 5.74) is 1.56. The van der Waals surface area contributed by atoms with Crippen molar-refractivity contribution in [1.82, 2.24) is 4.90 Å². The third-order valence-corrected chi connectivity index (χ3v) is 7.78. The Kier molecular flexibility index (Phi) is 7.20. The fraction of sp³-hybridized carbons (Fsp3) is 0.276. The number of likely N-dealkylation sites (tertiary alicyclic amines) is 1. The van der Waals surface area contributed by atoms with Crippen LogP contribution in [0, 0.1) is 5.82 Å². The predicted octanol–water partition coefficient (Wildman–Crippen LogP) is 6.52. The molecule has 3 aromatic carbocycles. The first-order valence-electron chi connectivity index (χ1n) is 12.1. The molecule has 1 aliphatic heterocycles. The summed E-state index contributed by atoms with van der Waals surface area (Å²) in [4.78, 5) is 16.8. The standard InChI is InChI=1S/C29H28FNO4S/c1-34-22-10-11-23-26(18-22)36-29(20-7-12-25(32)24(30)17-20)27(23)28(33)19-5-8-21(9-6-19)35-16-15-31-13-3-2-4-14-31/h5-12,17-18,32H,2-4,13-16H2,1H3. The lowest BCUT2D eigenvalue weighted by molar-refractivity contribution is 0.104. The van der Waals surface area contributed by atoms with Gasteiger partial charge in [0.25, 0.3) is 0 Å². The molecular formula is C29H28FNO4S. The second-order valence-corrected chi connectivity index (χ2v) is 9.99. The van der Waals surface area contributed by atoms with E-state index in [1.807, 2.05) is 30.3 Å². The molecule has 1 aliphatic rings. The molecule has 0 aliphatic carbocycles. The zero-order chi connectivity index (χ0) is 25.1. The van der Waals surface area contributed by atoms with E-state index in [-0.39, 0.29) is 5.78 Å². The van der Waals surface area contributed by atoms with Gasteiger partial charge in [0.2, 0.25) is 0 Å². The highest BCUT2D eigenvalue weighted by atomic mass is 32.1. The number of rotatable bonds is 8. The van der Waals surface area contributed by atoms with Crippen molar-refractivity contribution < 1.29 is 23.8 Å². The Hall–Kier alpha value is -3.42. The Morgan fingerprint density at radius 3 is 2.47 bits per heavy atom. The van der Waals surface area contributed by atoms with Crippen molar-refractivity contribution in [3.8, 4) is 27.7 Å². The SMILES string of the molecule is COc1ccc2c(C(=O)c3ccc(OCCN4CCCCC4)cc3)c(-c3ccc(O)c(F)c3)sc2c1. The van der Waals surface area contributed by atoms with Crippen molar-refractivity contribution in [2.45, 2.75) is 19.3 Å². The zero-order valence-corrected chi connectivity index (χ0v) is 20.9. The highest BCUT2D eigenvalue weighted by Crippen LogP contribution is 2.42. The molecule has 0 amide bonds. The number of methoxy groups -OCH3 is 1. The van der Waals surface area contributed by atoms with E-state index in [1.165, 1.54) is 42.7 Å². The van der Waals surface area contributed by atoms with E-state index >= 15 is 0 Å². The van der Waals surface area contributed by atoms with E-state index in [0.717, 1.165) is 35.5 Å². The molecule has 1 fully saturated rings. The van der Waals surface area contributed by atoms with Crippen molar-refractivity contribution in [3.05, 3.63) is 77.6 Å². The average Bonchev–Trinajstić information content (AvgIpc) is 3.29. The number of carbonyl (C=O) groups is 1. The van der Waals surface area contributed by atoms with E-state index in [0.29, 0.717) is 33.9 Å². The molecule has 0 bridgehead atoms. The topological polar surface area (TPSA) is 59.0 Å². The summed E-state index contributed by atoms with van der Waals surface area (Å²) >= 11 is 1.39. The van der Waals surface area contributed by atoms with Gasteiger partial charge >= 0.3 is 0 Å². The van der Waals surface area contributed by atoms with Crippen molar-refractivity contribution in [3.63, 3.8) is 0 Å². The zero-order valence-electron chi connectivity index (χ0n) is 20.1. The second kappa shape index (κ2) is 10.7. The van der Waals surface area contributed by atoms with Gasteiger partial charge in [-0.3, -0.25) is 9.69 Å².